The summed E-state index contributed by atoms with van der Waals surface area (Å²) < 4.78 is 21.8. The fourth-order valence-corrected chi connectivity index (χ4v) is 13.9. The van der Waals surface area contributed by atoms with Crippen molar-refractivity contribution >= 4 is 11.9 Å². The van der Waals surface area contributed by atoms with Gasteiger partial charge in [0.15, 0.2) is 12.2 Å². The summed E-state index contributed by atoms with van der Waals surface area (Å²) in [7, 11) is 1.03. The van der Waals surface area contributed by atoms with Gasteiger partial charge >= 0.3 is 11.9 Å². The van der Waals surface area contributed by atoms with Crippen LogP contribution >= 0.6 is 0 Å². The molecule has 16 heteroatoms. The summed E-state index contributed by atoms with van der Waals surface area (Å²) in [4.78, 5) is 37.7. The number of rotatable bonds is 8. The van der Waals surface area contributed by atoms with E-state index in [0.29, 0.717) is 38.0 Å². The van der Waals surface area contributed by atoms with Crippen LogP contribution in [-0.2, 0) is 38.3 Å². The first-order valence-electron chi connectivity index (χ1n) is 21.6. The summed E-state index contributed by atoms with van der Waals surface area (Å²) >= 11 is 0. The first-order valence-corrected chi connectivity index (χ1v) is 21.6. The molecule has 0 aromatic carbocycles. The summed E-state index contributed by atoms with van der Waals surface area (Å²) in [5.74, 6) is -0.904. The van der Waals surface area contributed by atoms with Crippen molar-refractivity contribution in [3.05, 3.63) is 11.6 Å². The van der Waals surface area contributed by atoms with Crippen molar-refractivity contribution in [3.8, 4) is 0 Å². The maximum absolute atomic E-state index is 14.9. The Morgan fingerprint density at radius 1 is 0.797 bits per heavy atom. The first kappa shape index (κ1) is 45.2. The molecule has 0 unspecified atom stereocenters. The average Bonchev–Trinajstić information content (AvgIpc) is 3.19. The molecular weight excluding hydrogens is 772 g/mol. The van der Waals surface area contributed by atoms with Crippen LogP contribution in [0.15, 0.2) is 11.6 Å². The lowest BCUT2D eigenvalue weighted by Crippen LogP contribution is -2.66. The fourth-order valence-electron chi connectivity index (χ4n) is 13.9. The number of fused-ring (bicyclic) bond motifs is 7. The van der Waals surface area contributed by atoms with E-state index in [-0.39, 0.29) is 51.9 Å². The second-order valence-electron chi connectivity index (χ2n) is 20.4. The summed E-state index contributed by atoms with van der Waals surface area (Å²) in [6.07, 6.45) is -9.49. The minimum absolute atomic E-state index is 0.0379. The third-order valence-corrected chi connectivity index (χ3v) is 17.6. The highest BCUT2D eigenvalue weighted by Crippen LogP contribution is 2.76. The number of methoxy groups -OCH3 is 1. The van der Waals surface area contributed by atoms with E-state index in [1.807, 2.05) is 0 Å². The van der Waals surface area contributed by atoms with Crippen LogP contribution in [-0.4, -0.2) is 141 Å². The molecule has 0 bridgehead atoms. The molecule has 0 aromatic heterocycles. The highest BCUT2D eigenvalue weighted by molar-refractivity contribution is 5.79. The summed E-state index contributed by atoms with van der Waals surface area (Å²) in [5.41, 5.74) is -0.693. The van der Waals surface area contributed by atoms with Crippen molar-refractivity contribution < 1.29 is 79.2 Å². The number of aliphatic hydroxyl groups is 8. The summed E-state index contributed by atoms with van der Waals surface area (Å²) in [6, 6.07) is 0. The molecule has 59 heavy (non-hydrogen) atoms. The number of hydrogen-bond donors (Lipinski definition) is 8. The Morgan fingerprint density at radius 2 is 1.51 bits per heavy atom. The standard InChI is InChI=1S/C43H68O16/c1-20-10-13-43(38(53)57-36-32(51)33(28(47)24(18-44)55-36)58-59-37-31(50)29(48)30(49)34(56-37)35(52)54-7)15-14-41(5)23(27(43)21(20)2)8-9-26-40(4)17-22(46)16-39(3,19-45)25(40)11-12-42(26,41)6/h8,20-22,24-34,36-37,44-51H,9-19H2,1-7H3/t20-,21+,22+,24-,25+,26-,27+,28-,29+,30+,31-,32-,33+,34+,36+,37+,39+,40+,41-,42-,43+/m1/s1. The Morgan fingerprint density at radius 3 is 2.17 bits per heavy atom. The minimum atomic E-state index is -1.94. The van der Waals surface area contributed by atoms with Crippen LogP contribution in [0.3, 0.4) is 0 Å². The maximum atomic E-state index is 14.9. The molecule has 4 saturated carbocycles. The molecule has 8 N–H and O–H groups in total. The monoisotopic (exact) mass is 840 g/mol. The highest BCUT2D eigenvalue weighted by atomic mass is 17.2. The van der Waals surface area contributed by atoms with Crippen LogP contribution in [0.25, 0.3) is 0 Å². The van der Waals surface area contributed by atoms with Gasteiger partial charge in [-0.05, 0) is 109 Å². The van der Waals surface area contributed by atoms with Gasteiger partial charge in [0.1, 0.15) is 36.6 Å². The van der Waals surface area contributed by atoms with Gasteiger partial charge in [-0.1, -0.05) is 53.2 Å². The number of aliphatic hydroxyl groups excluding tert-OH is 8. The van der Waals surface area contributed by atoms with Gasteiger partial charge in [-0.3, -0.25) is 4.79 Å². The zero-order valence-electron chi connectivity index (χ0n) is 35.4. The zero-order valence-corrected chi connectivity index (χ0v) is 35.4. The van der Waals surface area contributed by atoms with Crippen molar-refractivity contribution in [2.45, 2.75) is 167 Å². The molecule has 0 spiro atoms. The third-order valence-electron chi connectivity index (χ3n) is 17.6. The lowest BCUT2D eigenvalue weighted by Gasteiger charge is -2.71. The summed E-state index contributed by atoms with van der Waals surface area (Å²) in [5, 5.41) is 85.7. The van der Waals surface area contributed by atoms with Crippen molar-refractivity contribution in [2.75, 3.05) is 20.3 Å². The molecule has 336 valence electrons. The Labute approximate surface area is 346 Å². The van der Waals surface area contributed by atoms with Gasteiger partial charge in [0.05, 0.1) is 25.2 Å². The quantitative estimate of drug-likeness (QED) is 0.0742. The van der Waals surface area contributed by atoms with Crippen molar-refractivity contribution in [1.82, 2.24) is 0 Å². The van der Waals surface area contributed by atoms with E-state index < -0.39 is 91.5 Å². The van der Waals surface area contributed by atoms with Crippen LogP contribution in [0.4, 0.5) is 0 Å². The molecule has 0 amide bonds. The smallest absolute Gasteiger partial charge is 0.337 e. The van der Waals surface area contributed by atoms with Gasteiger partial charge in [-0.15, -0.1) is 0 Å². The Hall–Kier alpha value is -1.80. The number of ether oxygens (including phenoxy) is 4. The Bertz CT molecular complexity index is 1610. The SMILES string of the molecule is COC(=O)[C@H]1O[C@@H](OO[C@@H]2[C@@H](O)[C@H](OC(=O)[C@]34CC[C@@H](C)[C@H](C)[C@H]3C3=CC[C@@H]5[C@@]6(C)C[C@@H](O)C[C@@](C)(CO)[C@@H]6CC[C@@]5(C)[C@]3(C)CC4)O[C@H](CO)[C@H]2O)[C@H](O)[C@@H](O)[C@@H]1O. The number of carbonyl (C=O) groups excluding carboxylic acids is 2. The second-order valence-corrected chi connectivity index (χ2v) is 20.4. The van der Waals surface area contributed by atoms with Gasteiger partial charge in [-0.25, -0.2) is 14.6 Å². The molecule has 7 rings (SSSR count). The number of esters is 2. The van der Waals surface area contributed by atoms with E-state index >= 15 is 0 Å². The number of allylic oxidation sites excluding steroid dienone is 2. The molecule has 2 heterocycles. The number of hydrogen-bond acceptors (Lipinski definition) is 16. The van der Waals surface area contributed by atoms with E-state index in [2.05, 4.69) is 52.4 Å². The molecule has 21 atom stereocenters. The molecule has 2 aliphatic heterocycles. The van der Waals surface area contributed by atoms with Crippen LogP contribution in [0, 0.1) is 56.7 Å². The molecule has 16 nitrogen and oxygen atoms in total. The highest BCUT2D eigenvalue weighted by Gasteiger charge is 2.70. The predicted octanol–water partition coefficient (Wildman–Crippen LogP) is 1.26. The van der Waals surface area contributed by atoms with Crippen LogP contribution in [0.2, 0.25) is 0 Å². The Balaban J connectivity index is 1.14. The molecular formula is C43H68O16. The molecule has 7 aliphatic rings. The second kappa shape index (κ2) is 16.1. The fraction of sp³-hybridized carbons (Fsp3) is 0.907. The van der Waals surface area contributed by atoms with Gasteiger partial charge in [0.2, 0.25) is 12.6 Å². The van der Waals surface area contributed by atoms with E-state index in [4.69, 9.17) is 24.0 Å². The van der Waals surface area contributed by atoms with Crippen LogP contribution in [0.1, 0.15) is 99.3 Å². The van der Waals surface area contributed by atoms with E-state index in [1.165, 1.54) is 5.57 Å². The molecule has 0 radical (unpaired) electrons. The normalized spacial score (nSPS) is 53.4. The lowest BCUT2D eigenvalue weighted by atomic mass is 9.33. The van der Waals surface area contributed by atoms with Crippen LogP contribution in [0.5, 0.6) is 0 Å². The van der Waals surface area contributed by atoms with E-state index in [1.54, 1.807) is 0 Å². The van der Waals surface area contributed by atoms with Gasteiger partial charge < -0.3 is 59.8 Å². The van der Waals surface area contributed by atoms with Crippen molar-refractivity contribution in [2.24, 2.45) is 56.7 Å². The van der Waals surface area contributed by atoms with Crippen molar-refractivity contribution in [3.63, 3.8) is 0 Å². The molecule has 5 aliphatic carbocycles. The predicted molar refractivity (Wildman–Crippen MR) is 205 cm³/mol. The zero-order chi connectivity index (χ0) is 43.2. The minimum Gasteiger partial charge on any atom is -0.467 e. The van der Waals surface area contributed by atoms with E-state index in [0.717, 1.165) is 32.8 Å². The van der Waals surface area contributed by atoms with Gasteiger partial charge in [-0.2, -0.15) is 0 Å². The topological polar surface area (TPSA) is 251 Å². The largest absolute Gasteiger partial charge is 0.467 e. The molecule has 6 fully saturated rings. The molecule has 0 aromatic rings. The van der Waals surface area contributed by atoms with Crippen molar-refractivity contribution in [1.29, 1.82) is 0 Å². The van der Waals surface area contributed by atoms with Gasteiger partial charge in [0, 0.05) is 6.61 Å². The van der Waals surface area contributed by atoms with E-state index in [9.17, 15) is 50.4 Å². The van der Waals surface area contributed by atoms with Crippen LogP contribution < -0.4 is 0 Å². The number of carbonyl (C=O) groups is 2. The Kier molecular flexibility index (Phi) is 12.3. The summed E-state index contributed by atoms with van der Waals surface area (Å²) in [6.45, 7) is 12.9. The molecule has 2 saturated heterocycles. The average molecular weight is 841 g/mol. The third kappa shape index (κ3) is 6.85. The van der Waals surface area contributed by atoms with Gasteiger partial charge in [0.25, 0.3) is 0 Å². The first-order chi connectivity index (χ1) is 27.7. The lowest BCUT2D eigenvalue weighted by molar-refractivity contribution is -0.462. The maximum Gasteiger partial charge on any atom is 0.337 e.